The van der Waals surface area contributed by atoms with Crippen molar-refractivity contribution in [2.45, 2.75) is 60.6 Å². The molecule has 0 radical (unpaired) electrons. The maximum atomic E-state index is 12.8. The molecule has 0 bridgehead atoms. The standard InChI is InChI=1S/C22H31N3O3S/c1-8-25-14(4)17(19(26)28-13(2)3)18(24-21(25)29)15-9-11-16(12-10-15)23-20(27)22(5,6)7/h9-13,18H,8H2,1-7H3,(H,23,27)(H,24,29)/t18-/m1/s1. The minimum atomic E-state index is -0.479. The van der Waals surface area contributed by atoms with E-state index in [4.69, 9.17) is 17.0 Å². The van der Waals surface area contributed by atoms with Gasteiger partial charge in [-0.3, -0.25) is 4.79 Å². The number of carbonyl (C=O) groups is 2. The summed E-state index contributed by atoms with van der Waals surface area (Å²) in [5, 5.41) is 6.74. The molecule has 1 aromatic carbocycles. The van der Waals surface area contributed by atoms with E-state index < -0.39 is 11.5 Å². The molecule has 0 fully saturated rings. The normalized spacial score (nSPS) is 17.3. The van der Waals surface area contributed by atoms with Crippen LogP contribution >= 0.6 is 12.2 Å². The fourth-order valence-electron chi connectivity index (χ4n) is 3.03. The van der Waals surface area contributed by atoms with Gasteiger partial charge < -0.3 is 20.3 Å². The van der Waals surface area contributed by atoms with E-state index in [1.807, 2.05) is 77.6 Å². The number of esters is 1. The van der Waals surface area contributed by atoms with Crippen LogP contribution in [0.2, 0.25) is 0 Å². The van der Waals surface area contributed by atoms with Crippen molar-refractivity contribution < 1.29 is 14.3 Å². The number of ether oxygens (including phenoxy) is 1. The second kappa shape index (κ2) is 8.95. The van der Waals surface area contributed by atoms with Crippen LogP contribution in [0.3, 0.4) is 0 Å². The fraction of sp³-hybridized carbons (Fsp3) is 0.500. The van der Waals surface area contributed by atoms with Crippen LogP contribution in [0.15, 0.2) is 35.5 Å². The van der Waals surface area contributed by atoms with Crippen LogP contribution in [0.5, 0.6) is 0 Å². The lowest BCUT2D eigenvalue weighted by Gasteiger charge is -2.37. The van der Waals surface area contributed by atoms with Gasteiger partial charge in [-0.2, -0.15) is 0 Å². The van der Waals surface area contributed by atoms with Crippen molar-refractivity contribution in [1.29, 1.82) is 0 Å². The maximum absolute atomic E-state index is 12.8. The van der Waals surface area contributed by atoms with Crippen molar-refractivity contribution in [2.24, 2.45) is 5.41 Å². The largest absolute Gasteiger partial charge is 0.459 e. The number of thiocarbonyl (C=S) groups is 1. The molecule has 6 nitrogen and oxygen atoms in total. The summed E-state index contributed by atoms with van der Waals surface area (Å²) in [6, 6.07) is 7.02. The van der Waals surface area contributed by atoms with Gasteiger partial charge in [0.2, 0.25) is 5.91 Å². The summed E-state index contributed by atoms with van der Waals surface area (Å²) in [7, 11) is 0. The van der Waals surface area contributed by atoms with E-state index in [0.29, 0.717) is 22.9 Å². The molecule has 0 unspecified atom stereocenters. The summed E-state index contributed by atoms with van der Waals surface area (Å²) in [6.45, 7) is 13.8. The van der Waals surface area contributed by atoms with Crippen molar-refractivity contribution in [3.05, 3.63) is 41.1 Å². The van der Waals surface area contributed by atoms with Crippen LogP contribution in [0.1, 0.15) is 60.1 Å². The highest BCUT2D eigenvalue weighted by molar-refractivity contribution is 7.80. The van der Waals surface area contributed by atoms with Gasteiger partial charge in [-0.05, 0) is 57.6 Å². The summed E-state index contributed by atoms with van der Waals surface area (Å²) < 4.78 is 5.49. The minimum Gasteiger partial charge on any atom is -0.459 e. The Morgan fingerprint density at radius 3 is 2.31 bits per heavy atom. The molecule has 7 heteroatoms. The molecule has 1 atom stereocenters. The number of hydrogen-bond donors (Lipinski definition) is 2. The fourth-order valence-corrected chi connectivity index (χ4v) is 3.42. The number of carbonyl (C=O) groups excluding carboxylic acids is 2. The smallest absolute Gasteiger partial charge is 0.338 e. The first kappa shape index (κ1) is 22.9. The van der Waals surface area contributed by atoms with Gasteiger partial charge in [0.1, 0.15) is 0 Å². The zero-order valence-corrected chi connectivity index (χ0v) is 19.1. The summed E-state index contributed by atoms with van der Waals surface area (Å²) in [5.74, 6) is -0.418. The van der Waals surface area contributed by atoms with Crippen LogP contribution in [0, 0.1) is 5.41 Å². The summed E-state index contributed by atoms with van der Waals surface area (Å²) in [6.07, 6.45) is -0.220. The molecule has 1 aliphatic rings. The number of rotatable bonds is 5. The molecule has 158 valence electrons. The Balaban J connectivity index is 2.37. The van der Waals surface area contributed by atoms with E-state index in [0.717, 1.165) is 11.3 Å². The van der Waals surface area contributed by atoms with Gasteiger partial charge in [-0.1, -0.05) is 32.9 Å². The van der Waals surface area contributed by atoms with E-state index in [1.165, 1.54) is 0 Å². The first-order valence-corrected chi connectivity index (χ1v) is 10.3. The van der Waals surface area contributed by atoms with E-state index in [1.54, 1.807) is 0 Å². The molecule has 0 aliphatic carbocycles. The lowest BCUT2D eigenvalue weighted by Crippen LogP contribution is -2.47. The van der Waals surface area contributed by atoms with Gasteiger partial charge in [0, 0.05) is 23.3 Å². The molecule has 0 saturated carbocycles. The number of benzene rings is 1. The lowest BCUT2D eigenvalue weighted by atomic mass is 9.94. The highest BCUT2D eigenvalue weighted by atomic mass is 32.1. The molecule has 1 aliphatic heterocycles. The first-order valence-electron chi connectivity index (χ1n) is 9.86. The van der Waals surface area contributed by atoms with Crippen molar-refractivity contribution in [3.63, 3.8) is 0 Å². The second-order valence-corrected chi connectivity index (χ2v) is 8.79. The number of hydrogen-bond acceptors (Lipinski definition) is 4. The zero-order valence-electron chi connectivity index (χ0n) is 18.3. The lowest BCUT2D eigenvalue weighted by molar-refractivity contribution is -0.143. The third kappa shape index (κ3) is 5.35. The average molecular weight is 418 g/mol. The first-order chi connectivity index (χ1) is 13.5. The van der Waals surface area contributed by atoms with Gasteiger partial charge >= 0.3 is 5.97 Å². The van der Waals surface area contributed by atoms with Crippen LogP contribution < -0.4 is 10.6 Å². The molecular weight excluding hydrogens is 386 g/mol. The molecule has 0 aromatic heterocycles. The molecule has 29 heavy (non-hydrogen) atoms. The van der Waals surface area contributed by atoms with Crippen molar-refractivity contribution in [2.75, 3.05) is 11.9 Å². The second-order valence-electron chi connectivity index (χ2n) is 8.41. The predicted octanol–water partition coefficient (Wildman–Crippen LogP) is 4.15. The number of nitrogens with one attached hydrogen (secondary N) is 2. The van der Waals surface area contributed by atoms with Crippen molar-refractivity contribution >= 4 is 34.9 Å². The quantitative estimate of drug-likeness (QED) is 0.554. The Morgan fingerprint density at radius 1 is 1.24 bits per heavy atom. The monoisotopic (exact) mass is 417 g/mol. The highest BCUT2D eigenvalue weighted by Gasteiger charge is 2.34. The summed E-state index contributed by atoms with van der Waals surface area (Å²) in [4.78, 5) is 26.9. The van der Waals surface area contributed by atoms with E-state index in [-0.39, 0.29) is 18.0 Å². The maximum Gasteiger partial charge on any atom is 0.338 e. The van der Waals surface area contributed by atoms with Crippen LogP contribution in [-0.2, 0) is 14.3 Å². The SMILES string of the molecule is CCN1C(=S)N[C@H](c2ccc(NC(=O)C(C)(C)C)cc2)C(C(=O)OC(C)C)=C1C. The third-order valence-electron chi connectivity index (χ3n) is 4.66. The molecule has 1 aromatic rings. The molecule has 0 saturated heterocycles. The van der Waals surface area contributed by atoms with Gasteiger partial charge in [-0.15, -0.1) is 0 Å². The zero-order chi connectivity index (χ0) is 21.9. The van der Waals surface area contributed by atoms with E-state index in [2.05, 4.69) is 10.6 Å². The molecule has 1 amide bonds. The number of amides is 1. The van der Waals surface area contributed by atoms with E-state index in [9.17, 15) is 9.59 Å². The summed E-state index contributed by atoms with van der Waals surface area (Å²) >= 11 is 5.50. The molecule has 0 spiro atoms. The van der Waals surface area contributed by atoms with E-state index >= 15 is 0 Å². The Labute approximate surface area is 178 Å². The number of anilines is 1. The Bertz CT molecular complexity index is 823. The summed E-state index contributed by atoms with van der Waals surface area (Å²) in [5.41, 5.74) is 2.42. The van der Waals surface area contributed by atoms with Crippen molar-refractivity contribution in [3.8, 4) is 0 Å². The molecule has 1 heterocycles. The molecule has 2 N–H and O–H groups in total. The number of nitrogens with zero attached hydrogens (tertiary/aromatic N) is 1. The van der Waals surface area contributed by atoms with Gasteiger partial charge in [-0.25, -0.2) is 4.79 Å². The number of allylic oxidation sites excluding steroid dienone is 1. The Kier molecular flexibility index (Phi) is 7.06. The average Bonchev–Trinajstić information content (AvgIpc) is 2.60. The topological polar surface area (TPSA) is 70.7 Å². The van der Waals surface area contributed by atoms with Crippen molar-refractivity contribution in [1.82, 2.24) is 10.2 Å². The predicted molar refractivity (Wildman–Crippen MR) is 119 cm³/mol. The molecule has 2 rings (SSSR count). The van der Waals surface area contributed by atoms with Crippen LogP contribution in [0.25, 0.3) is 0 Å². The van der Waals surface area contributed by atoms with Crippen LogP contribution in [-0.4, -0.2) is 34.5 Å². The highest BCUT2D eigenvalue weighted by Crippen LogP contribution is 2.32. The van der Waals surface area contributed by atoms with Gasteiger partial charge in [0.15, 0.2) is 5.11 Å². The Morgan fingerprint density at radius 2 is 1.83 bits per heavy atom. The van der Waals surface area contributed by atoms with Crippen LogP contribution in [0.4, 0.5) is 5.69 Å². The van der Waals surface area contributed by atoms with Gasteiger partial charge in [0.25, 0.3) is 0 Å². The minimum absolute atomic E-state index is 0.0576. The molecular formula is C22H31N3O3S. The Hall–Kier alpha value is -2.41. The third-order valence-corrected chi connectivity index (χ3v) is 5.00. The van der Waals surface area contributed by atoms with Gasteiger partial charge in [0.05, 0.1) is 17.7 Å².